The molecule has 1 saturated carbocycles. The molecule has 2 rings (SSSR count). The zero-order valence-corrected chi connectivity index (χ0v) is 14.1. The fourth-order valence-electron chi connectivity index (χ4n) is 2.32. The molecular formula is C14H17Cl2NO3S. The van der Waals surface area contributed by atoms with E-state index in [1.54, 1.807) is 6.92 Å². The van der Waals surface area contributed by atoms with E-state index in [2.05, 4.69) is 12.2 Å². The summed E-state index contributed by atoms with van der Waals surface area (Å²) >= 11 is 5.89. The minimum atomic E-state index is -3.94. The summed E-state index contributed by atoms with van der Waals surface area (Å²) < 4.78 is 23.0. The molecule has 1 aliphatic rings. The maximum Gasteiger partial charge on any atom is 0.261 e. The Balaban J connectivity index is 2.22. The topological polar surface area (TPSA) is 63.2 Å². The summed E-state index contributed by atoms with van der Waals surface area (Å²) in [5, 5.41) is 3.00. The van der Waals surface area contributed by atoms with Crippen molar-refractivity contribution in [3.8, 4) is 0 Å². The zero-order chi connectivity index (χ0) is 15.8. The summed E-state index contributed by atoms with van der Waals surface area (Å²) in [4.78, 5) is 12.1. The molecule has 1 amide bonds. The molecule has 0 aliphatic heterocycles. The number of nitrogens with one attached hydrogen (secondary N) is 1. The van der Waals surface area contributed by atoms with E-state index in [-0.39, 0.29) is 21.4 Å². The van der Waals surface area contributed by atoms with Crippen molar-refractivity contribution >= 4 is 37.2 Å². The lowest BCUT2D eigenvalue weighted by Crippen LogP contribution is -2.29. The molecule has 1 fully saturated rings. The van der Waals surface area contributed by atoms with E-state index in [4.69, 9.17) is 22.3 Å². The van der Waals surface area contributed by atoms with Crippen LogP contribution in [0.3, 0.4) is 0 Å². The molecule has 1 N–H and O–H groups in total. The zero-order valence-electron chi connectivity index (χ0n) is 11.8. The summed E-state index contributed by atoms with van der Waals surface area (Å²) in [5.74, 6) is 0.776. The van der Waals surface area contributed by atoms with E-state index < -0.39 is 9.05 Å². The quantitative estimate of drug-likeness (QED) is 0.829. The molecule has 1 aromatic carbocycles. The van der Waals surface area contributed by atoms with E-state index in [0.717, 1.165) is 0 Å². The van der Waals surface area contributed by atoms with Gasteiger partial charge in [-0.3, -0.25) is 4.79 Å². The molecule has 116 valence electrons. The average Bonchev–Trinajstić information content (AvgIpc) is 3.20. The Morgan fingerprint density at radius 1 is 1.43 bits per heavy atom. The van der Waals surface area contributed by atoms with Crippen LogP contribution in [-0.2, 0) is 9.05 Å². The highest BCUT2D eigenvalue weighted by atomic mass is 35.7. The van der Waals surface area contributed by atoms with Crippen LogP contribution in [-0.4, -0.2) is 20.9 Å². The summed E-state index contributed by atoms with van der Waals surface area (Å²) in [6.45, 7) is 4.21. The van der Waals surface area contributed by atoms with Crippen LogP contribution in [0, 0.1) is 18.8 Å². The number of benzene rings is 1. The molecule has 0 spiro atoms. The van der Waals surface area contributed by atoms with Crippen LogP contribution >= 0.6 is 22.3 Å². The predicted molar refractivity (Wildman–Crippen MR) is 83.4 cm³/mol. The number of halogens is 2. The van der Waals surface area contributed by atoms with Crippen molar-refractivity contribution in [1.82, 2.24) is 5.32 Å². The Morgan fingerprint density at radius 3 is 2.57 bits per heavy atom. The molecule has 7 heteroatoms. The first-order valence-corrected chi connectivity index (χ1v) is 9.42. The third-order valence-corrected chi connectivity index (χ3v) is 5.51. The van der Waals surface area contributed by atoms with E-state index in [1.807, 2.05) is 0 Å². The highest BCUT2D eigenvalue weighted by Crippen LogP contribution is 2.36. The molecule has 21 heavy (non-hydrogen) atoms. The second kappa shape index (κ2) is 6.15. The number of hydrogen-bond donors (Lipinski definition) is 1. The number of carbonyl (C=O) groups is 1. The van der Waals surface area contributed by atoms with E-state index in [0.29, 0.717) is 23.9 Å². The normalized spacial score (nSPS) is 16.6. The van der Waals surface area contributed by atoms with Crippen LogP contribution in [0.15, 0.2) is 17.0 Å². The number of amides is 1. The van der Waals surface area contributed by atoms with E-state index in [9.17, 15) is 13.2 Å². The summed E-state index contributed by atoms with van der Waals surface area (Å²) in [6.07, 6.45) is 2.42. The van der Waals surface area contributed by atoms with Crippen molar-refractivity contribution in [3.63, 3.8) is 0 Å². The van der Waals surface area contributed by atoms with Crippen molar-refractivity contribution in [2.45, 2.75) is 31.6 Å². The van der Waals surface area contributed by atoms with Gasteiger partial charge in [0.25, 0.3) is 15.0 Å². The predicted octanol–water partition coefficient (Wildman–Crippen LogP) is 3.35. The fraction of sp³-hybridized carbons (Fsp3) is 0.500. The number of carbonyl (C=O) groups excluding carboxylic acids is 1. The summed E-state index contributed by atoms with van der Waals surface area (Å²) in [7, 11) is 1.43. The lowest BCUT2D eigenvalue weighted by molar-refractivity contribution is 0.0946. The lowest BCUT2D eigenvalue weighted by Gasteiger charge is -2.14. The van der Waals surface area contributed by atoms with Crippen LogP contribution in [0.4, 0.5) is 0 Å². The highest BCUT2D eigenvalue weighted by Gasteiger charge is 2.28. The van der Waals surface area contributed by atoms with Gasteiger partial charge in [-0.05, 0) is 49.3 Å². The van der Waals surface area contributed by atoms with Crippen molar-refractivity contribution in [1.29, 1.82) is 0 Å². The van der Waals surface area contributed by atoms with Gasteiger partial charge in [-0.15, -0.1) is 0 Å². The Kier molecular flexibility index (Phi) is 4.85. The average molecular weight is 350 g/mol. The Morgan fingerprint density at radius 2 is 2.05 bits per heavy atom. The van der Waals surface area contributed by atoms with Gasteiger partial charge in [-0.2, -0.15) is 0 Å². The Hall–Kier alpha value is -0.780. The summed E-state index contributed by atoms with van der Waals surface area (Å²) in [6, 6.07) is 2.71. The van der Waals surface area contributed by atoms with Gasteiger partial charge in [-0.25, -0.2) is 8.42 Å². The molecule has 1 atom stereocenters. The first-order chi connectivity index (χ1) is 9.70. The van der Waals surface area contributed by atoms with Crippen LogP contribution in [0.5, 0.6) is 0 Å². The molecule has 4 nitrogen and oxygen atoms in total. The molecule has 0 radical (unpaired) electrons. The monoisotopic (exact) mass is 349 g/mol. The van der Waals surface area contributed by atoms with Crippen LogP contribution in [0.1, 0.15) is 35.7 Å². The first-order valence-electron chi connectivity index (χ1n) is 6.73. The van der Waals surface area contributed by atoms with Gasteiger partial charge in [0.05, 0.1) is 4.90 Å². The largest absolute Gasteiger partial charge is 0.352 e. The second-order valence-electron chi connectivity index (χ2n) is 5.54. The molecule has 0 bridgehead atoms. The third-order valence-electron chi connectivity index (χ3n) is 3.84. The van der Waals surface area contributed by atoms with Crippen LogP contribution < -0.4 is 5.32 Å². The van der Waals surface area contributed by atoms with Gasteiger partial charge in [0.15, 0.2) is 0 Å². The molecule has 1 aliphatic carbocycles. The third kappa shape index (κ3) is 4.11. The Labute approximate surface area is 134 Å². The molecule has 1 aromatic rings. The SMILES string of the molecule is Cc1c(C(=O)NCC(C)C2CC2)cc(Cl)cc1S(=O)(=O)Cl. The summed E-state index contributed by atoms with van der Waals surface area (Å²) in [5.41, 5.74) is 0.552. The van der Waals surface area contributed by atoms with E-state index in [1.165, 1.54) is 25.0 Å². The van der Waals surface area contributed by atoms with E-state index >= 15 is 0 Å². The van der Waals surface area contributed by atoms with Crippen molar-refractivity contribution in [2.75, 3.05) is 6.54 Å². The Bertz CT molecular complexity index is 669. The highest BCUT2D eigenvalue weighted by molar-refractivity contribution is 8.13. The number of hydrogen-bond acceptors (Lipinski definition) is 3. The maximum atomic E-state index is 12.2. The minimum absolute atomic E-state index is 0.128. The van der Waals surface area contributed by atoms with Crippen LogP contribution in [0.2, 0.25) is 5.02 Å². The minimum Gasteiger partial charge on any atom is -0.352 e. The maximum absolute atomic E-state index is 12.2. The van der Waals surface area contributed by atoms with Gasteiger partial charge in [0.1, 0.15) is 0 Å². The molecule has 0 aromatic heterocycles. The van der Waals surface area contributed by atoms with Crippen molar-refractivity contribution < 1.29 is 13.2 Å². The van der Waals surface area contributed by atoms with Gasteiger partial charge in [0.2, 0.25) is 0 Å². The van der Waals surface area contributed by atoms with Gasteiger partial charge in [-0.1, -0.05) is 18.5 Å². The van der Waals surface area contributed by atoms with Crippen molar-refractivity contribution in [3.05, 3.63) is 28.3 Å². The van der Waals surface area contributed by atoms with Gasteiger partial charge >= 0.3 is 0 Å². The number of rotatable bonds is 5. The van der Waals surface area contributed by atoms with Gasteiger partial charge < -0.3 is 5.32 Å². The van der Waals surface area contributed by atoms with Gasteiger partial charge in [0, 0.05) is 27.8 Å². The molecule has 0 heterocycles. The smallest absolute Gasteiger partial charge is 0.261 e. The van der Waals surface area contributed by atoms with Crippen LogP contribution in [0.25, 0.3) is 0 Å². The van der Waals surface area contributed by atoms with Crippen molar-refractivity contribution in [2.24, 2.45) is 11.8 Å². The molecule has 0 saturated heterocycles. The molecule has 1 unspecified atom stereocenters. The first kappa shape index (κ1) is 16.6. The lowest BCUT2D eigenvalue weighted by atomic mass is 10.1. The molecular weight excluding hydrogens is 333 g/mol. The standard InChI is InChI=1S/C14H17Cl2NO3S/c1-8(10-3-4-10)7-17-14(18)12-5-11(15)6-13(9(12)2)21(16,19)20/h5-6,8,10H,3-4,7H2,1-2H3,(H,17,18). The second-order valence-corrected chi connectivity index (χ2v) is 8.51. The fourth-order valence-corrected chi connectivity index (χ4v) is 3.83.